The third-order valence-electron chi connectivity index (χ3n) is 4.68. The highest BCUT2D eigenvalue weighted by atomic mass is 19.1. The quantitative estimate of drug-likeness (QED) is 0.344. The van der Waals surface area contributed by atoms with Gasteiger partial charge in [0.2, 0.25) is 6.20 Å². The number of nitrogens with zero attached hydrogens (tertiary/aromatic N) is 4. The molecule has 0 unspecified atom stereocenters. The van der Waals surface area contributed by atoms with E-state index in [1.807, 2.05) is 24.3 Å². The molecule has 0 saturated carbocycles. The van der Waals surface area contributed by atoms with Crippen LogP contribution in [-0.4, -0.2) is 15.0 Å². The Kier molecular flexibility index (Phi) is 3.69. The molecule has 0 radical (unpaired) electrons. The third-order valence-corrected chi connectivity index (χ3v) is 4.68. The predicted molar refractivity (Wildman–Crippen MR) is 105 cm³/mol. The standard InChI is InChI=1S/C22H13FN4O/c23-19-6-2-1-4-17(19)20-12-18(16-5-3-9-25-22(16)26-20)14-7-10-24-21-13-27(28)11-8-15(14)21/h1-13H. The fraction of sp³-hybridized carbons (Fsp3) is 0. The van der Waals surface area contributed by atoms with Crippen LogP contribution in [0.5, 0.6) is 0 Å². The molecule has 0 aliphatic heterocycles. The lowest BCUT2D eigenvalue weighted by atomic mass is 9.97. The zero-order chi connectivity index (χ0) is 19.1. The molecule has 0 bridgehead atoms. The first-order valence-corrected chi connectivity index (χ1v) is 8.69. The molecule has 4 heterocycles. The van der Waals surface area contributed by atoms with Crippen molar-refractivity contribution in [2.75, 3.05) is 0 Å². The van der Waals surface area contributed by atoms with Crippen LogP contribution in [-0.2, 0) is 0 Å². The number of pyridine rings is 4. The van der Waals surface area contributed by atoms with E-state index in [0.717, 1.165) is 26.6 Å². The summed E-state index contributed by atoms with van der Waals surface area (Å²) < 4.78 is 15.1. The van der Waals surface area contributed by atoms with Gasteiger partial charge >= 0.3 is 0 Å². The summed E-state index contributed by atoms with van der Waals surface area (Å²) >= 11 is 0. The molecule has 0 spiro atoms. The van der Waals surface area contributed by atoms with Gasteiger partial charge in [-0.25, -0.2) is 19.3 Å². The zero-order valence-electron chi connectivity index (χ0n) is 14.6. The van der Waals surface area contributed by atoms with E-state index in [1.165, 1.54) is 18.5 Å². The number of halogens is 1. The van der Waals surface area contributed by atoms with Crippen molar-refractivity contribution in [3.8, 4) is 22.4 Å². The van der Waals surface area contributed by atoms with Crippen molar-refractivity contribution in [3.63, 3.8) is 0 Å². The summed E-state index contributed by atoms with van der Waals surface area (Å²) in [5.41, 5.74) is 3.75. The van der Waals surface area contributed by atoms with E-state index in [1.54, 1.807) is 36.7 Å². The van der Waals surface area contributed by atoms with Crippen molar-refractivity contribution >= 4 is 21.9 Å². The fourth-order valence-corrected chi connectivity index (χ4v) is 3.40. The number of hydrogen-bond donors (Lipinski definition) is 0. The van der Waals surface area contributed by atoms with Crippen LogP contribution in [0.1, 0.15) is 0 Å². The second-order valence-corrected chi connectivity index (χ2v) is 6.37. The lowest BCUT2D eigenvalue weighted by Gasteiger charge is -2.12. The monoisotopic (exact) mass is 368 g/mol. The number of aromatic nitrogens is 4. The van der Waals surface area contributed by atoms with Gasteiger partial charge in [-0.15, -0.1) is 0 Å². The van der Waals surface area contributed by atoms with Crippen LogP contribution >= 0.6 is 0 Å². The molecule has 0 aliphatic rings. The van der Waals surface area contributed by atoms with Gasteiger partial charge in [0.05, 0.1) is 5.69 Å². The third kappa shape index (κ3) is 2.63. The molecule has 6 heteroatoms. The summed E-state index contributed by atoms with van der Waals surface area (Å²) in [6, 6.07) is 15.8. The van der Waals surface area contributed by atoms with Crippen LogP contribution in [0.3, 0.4) is 0 Å². The van der Waals surface area contributed by atoms with E-state index < -0.39 is 0 Å². The minimum absolute atomic E-state index is 0.344. The Labute approximate surface area is 159 Å². The molecule has 134 valence electrons. The number of hydrogen-bond acceptors (Lipinski definition) is 4. The van der Waals surface area contributed by atoms with Gasteiger partial charge in [0.25, 0.3) is 0 Å². The van der Waals surface area contributed by atoms with E-state index in [2.05, 4.69) is 15.0 Å². The van der Waals surface area contributed by atoms with Gasteiger partial charge in [0.15, 0.2) is 11.8 Å². The molecule has 0 saturated heterocycles. The maximum absolute atomic E-state index is 14.4. The Morgan fingerprint density at radius 3 is 2.61 bits per heavy atom. The highest BCUT2D eigenvalue weighted by molar-refractivity contribution is 6.03. The van der Waals surface area contributed by atoms with Crippen LogP contribution in [0.4, 0.5) is 4.39 Å². The second-order valence-electron chi connectivity index (χ2n) is 6.37. The summed E-state index contributed by atoms with van der Waals surface area (Å²) in [7, 11) is 0. The molecule has 4 aromatic heterocycles. The maximum atomic E-state index is 14.4. The smallest absolute Gasteiger partial charge is 0.206 e. The molecular weight excluding hydrogens is 355 g/mol. The largest absolute Gasteiger partial charge is 0.619 e. The van der Waals surface area contributed by atoms with Crippen LogP contribution in [0.15, 0.2) is 79.4 Å². The number of rotatable bonds is 2. The van der Waals surface area contributed by atoms with Crippen LogP contribution < -0.4 is 4.73 Å². The Morgan fingerprint density at radius 1 is 0.821 bits per heavy atom. The normalized spacial score (nSPS) is 11.2. The molecular formula is C22H13FN4O. The van der Waals surface area contributed by atoms with Crippen molar-refractivity contribution in [3.05, 3.63) is 90.4 Å². The van der Waals surface area contributed by atoms with Gasteiger partial charge < -0.3 is 5.21 Å². The van der Waals surface area contributed by atoms with E-state index in [0.29, 0.717) is 22.4 Å². The predicted octanol–water partition coefficient (Wildman–Crippen LogP) is 4.28. The van der Waals surface area contributed by atoms with Gasteiger partial charge in [-0.2, -0.15) is 4.73 Å². The minimum Gasteiger partial charge on any atom is -0.619 e. The van der Waals surface area contributed by atoms with Crippen molar-refractivity contribution < 1.29 is 9.12 Å². The van der Waals surface area contributed by atoms with E-state index in [9.17, 15) is 9.60 Å². The first kappa shape index (κ1) is 16.3. The number of benzene rings is 1. The van der Waals surface area contributed by atoms with E-state index in [4.69, 9.17) is 0 Å². The van der Waals surface area contributed by atoms with Crippen molar-refractivity contribution in [1.29, 1.82) is 0 Å². The Bertz CT molecular complexity index is 1350. The van der Waals surface area contributed by atoms with Crippen molar-refractivity contribution in [2.24, 2.45) is 0 Å². The summed E-state index contributed by atoms with van der Waals surface area (Å²) in [6.07, 6.45) is 6.18. The van der Waals surface area contributed by atoms with Gasteiger partial charge in [0, 0.05) is 34.8 Å². The molecule has 0 fully saturated rings. The van der Waals surface area contributed by atoms with Crippen LogP contribution in [0.25, 0.3) is 44.3 Å². The van der Waals surface area contributed by atoms with Crippen molar-refractivity contribution in [1.82, 2.24) is 15.0 Å². The first-order valence-electron chi connectivity index (χ1n) is 8.69. The molecule has 5 rings (SSSR count). The van der Waals surface area contributed by atoms with Gasteiger partial charge in [-0.3, -0.25) is 0 Å². The molecule has 0 amide bonds. The molecule has 28 heavy (non-hydrogen) atoms. The lowest BCUT2D eigenvalue weighted by Crippen LogP contribution is -2.23. The Morgan fingerprint density at radius 2 is 1.71 bits per heavy atom. The average molecular weight is 368 g/mol. The molecule has 0 aliphatic carbocycles. The van der Waals surface area contributed by atoms with Gasteiger partial charge in [-0.1, -0.05) is 12.1 Å². The highest BCUT2D eigenvalue weighted by Crippen LogP contribution is 2.35. The molecule has 0 atom stereocenters. The zero-order valence-corrected chi connectivity index (χ0v) is 14.6. The molecule has 5 nitrogen and oxygen atoms in total. The Hall–Kier alpha value is -3.93. The minimum atomic E-state index is -0.344. The topological polar surface area (TPSA) is 65.6 Å². The summed E-state index contributed by atoms with van der Waals surface area (Å²) in [5.74, 6) is -0.344. The van der Waals surface area contributed by atoms with E-state index >= 15 is 0 Å². The van der Waals surface area contributed by atoms with Crippen LogP contribution in [0.2, 0.25) is 0 Å². The second kappa shape index (κ2) is 6.35. The van der Waals surface area contributed by atoms with Crippen molar-refractivity contribution in [2.45, 2.75) is 0 Å². The first-order chi connectivity index (χ1) is 13.7. The van der Waals surface area contributed by atoms with Crippen LogP contribution in [0, 0.1) is 11.0 Å². The lowest BCUT2D eigenvalue weighted by molar-refractivity contribution is -0.604. The van der Waals surface area contributed by atoms with Gasteiger partial charge in [0.1, 0.15) is 11.3 Å². The highest BCUT2D eigenvalue weighted by Gasteiger charge is 2.15. The average Bonchev–Trinajstić information content (AvgIpc) is 2.72. The summed E-state index contributed by atoms with van der Waals surface area (Å²) in [5, 5.41) is 13.3. The SMILES string of the molecule is [O-][n+]1ccc2c(-c3cc(-c4ccccc4F)nc4ncccc34)ccnc2c1. The fourth-order valence-electron chi connectivity index (χ4n) is 3.40. The Balaban J connectivity index is 1.86. The summed E-state index contributed by atoms with van der Waals surface area (Å²) in [4.78, 5) is 13.2. The molecule has 1 aromatic carbocycles. The molecule has 5 aromatic rings. The number of fused-ring (bicyclic) bond motifs is 2. The summed E-state index contributed by atoms with van der Waals surface area (Å²) in [6.45, 7) is 0. The van der Waals surface area contributed by atoms with Gasteiger partial charge in [-0.05, 0) is 47.5 Å². The maximum Gasteiger partial charge on any atom is 0.206 e. The molecule has 0 N–H and O–H groups in total. The van der Waals surface area contributed by atoms with E-state index in [-0.39, 0.29) is 5.82 Å².